The van der Waals surface area contributed by atoms with Gasteiger partial charge in [-0.15, -0.1) is 0 Å². The average Bonchev–Trinajstić information content (AvgIpc) is 2.54. The van der Waals surface area contributed by atoms with Gasteiger partial charge in [0.05, 0.1) is 0 Å². The van der Waals surface area contributed by atoms with Crippen LogP contribution in [0.25, 0.3) is 0 Å². The van der Waals surface area contributed by atoms with E-state index in [1.807, 2.05) is 41.3 Å². The molecule has 0 unspecified atom stereocenters. The second-order valence-electron chi connectivity index (χ2n) is 5.20. The number of carbonyl (C=O) groups is 1. The SMILES string of the molecule is C=CC(=O)N1Cc2cccc(Cl)c2[C@H](c2ccccc2)C1. The number of nitrogens with zero attached hydrogens (tertiary/aromatic N) is 1. The van der Waals surface area contributed by atoms with Crippen molar-refractivity contribution in [2.24, 2.45) is 0 Å². The van der Waals surface area contributed by atoms with Crippen LogP contribution < -0.4 is 0 Å². The molecule has 1 amide bonds. The lowest BCUT2D eigenvalue weighted by atomic mass is 9.84. The summed E-state index contributed by atoms with van der Waals surface area (Å²) in [6.07, 6.45) is 1.37. The molecule has 0 aromatic heterocycles. The quantitative estimate of drug-likeness (QED) is 0.767. The lowest BCUT2D eigenvalue weighted by Gasteiger charge is -2.35. The van der Waals surface area contributed by atoms with Gasteiger partial charge in [-0.25, -0.2) is 0 Å². The van der Waals surface area contributed by atoms with Crippen molar-refractivity contribution in [3.8, 4) is 0 Å². The van der Waals surface area contributed by atoms with E-state index in [0.717, 1.165) is 16.1 Å². The normalized spacial score (nSPS) is 17.2. The molecule has 1 aliphatic heterocycles. The van der Waals surface area contributed by atoms with Gasteiger partial charge < -0.3 is 4.90 Å². The smallest absolute Gasteiger partial charge is 0.246 e. The van der Waals surface area contributed by atoms with E-state index in [9.17, 15) is 4.79 Å². The van der Waals surface area contributed by atoms with E-state index < -0.39 is 0 Å². The third kappa shape index (κ3) is 2.59. The van der Waals surface area contributed by atoms with E-state index in [1.165, 1.54) is 11.6 Å². The number of hydrogen-bond donors (Lipinski definition) is 0. The predicted molar refractivity (Wildman–Crippen MR) is 85.4 cm³/mol. The summed E-state index contributed by atoms with van der Waals surface area (Å²) < 4.78 is 0. The van der Waals surface area contributed by atoms with Crippen LogP contribution in [0.5, 0.6) is 0 Å². The molecular formula is C18H16ClNO. The highest BCUT2D eigenvalue weighted by Crippen LogP contribution is 2.37. The van der Waals surface area contributed by atoms with Crippen molar-refractivity contribution in [3.05, 3.63) is 82.9 Å². The Kier molecular flexibility index (Phi) is 3.80. The summed E-state index contributed by atoms with van der Waals surface area (Å²) in [6, 6.07) is 16.1. The maximum absolute atomic E-state index is 12.0. The molecule has 0 saturated carbocycles. The van der Waals surface area contributed by atoms with Gasteiger partial charge in [0, 0.05) is 24.0 Å². The first-order valence-corrected chi connectivity index (χ1v) is 7.32. The Morgan fingerprint density at radius 3 is 2.67 bits per heavy atom. The van der Waals surface area contributed by atoms with Crippen LogP contribution in [0, 0.1) is 0 Å². The van der Waals surface area contributed by atoms with E-state index in [0.29, 0.717) is 13.1 Å². The summed E-state index contributed by atoms with van der Waals surface area (Å²) in [4.78, 5) is 13.8. The van der Waals surface area contributed by atoms with Crippen LogP contribution in [0.2, 0.25) is 5.02 Å². The maximum Gasteiger partial charge on any atom is 0.246 e. The van der Waals surface area contributed by atoms with E-state index in [4.69, 9.17) is 11.6 Å². The minimum atomic E-state index is -0.0402. The molecule has 0 spiro atoms. The molecule has 106 valence electrons. The zero-order chi connectivity index (χ0) is 14.8. The largest absolute Gasteiger partial charge is 0.334 e. The van der Waals surface area contributed by atoms with Gasteiger partial charge in [-0.1, -0.05) is 60.6 Å². The number of halogens is 1. The lowest BCUT2D eigenvalue weighted by molar-refractivity contribution is -0.127. The molecule has 0 bridgehead atoms. The van der Waals surface area contributed by atoms with Crippen LogP contribution in [-0.4, -0.2) is 17.4 Å². The number of amides is 1. The number of carbonyl (C=O) groups excluding carboxylic acids is 1. The molecule has 1 aliphatic rings. The van der Waals surface area contributed by atoms with Gasteiger partial charge in [0.1, 0.15) is 0 Å². The molecule has 1 atom stereocenters. The van der Waals surface area contributed by atoms with Gasteiger partial charge in [-0.05, 0) is 28.8 Å². The zero-order valence-electron chi connectivity index (χ0n) is 11.6. The minimum Gasteiger partial charge on any atom is -0.334 e. The zero-order valence-corrected chi connectivity index (χ0v) is 12.4. The molecular weight excluding hydrogens is 282 g/mol. The van der Waals surface area contributed by atoms with Crippen LogP contribution in [0.15, 0.2) is 61.2 Å². The highest BCUT2D eigenvalue weighted by Gasteiger charge is 2.29. The first-order valence-electron chi connectivity index (χ1n) is 6.94. The minimum absolute atomic E-state index is 0.0402. The lowest BCUT2D eigenvalue weighted by Crippen LogP contribution is -2.37. The Bertz CT molecular complexity index is 681. The number of hydrogen-bond acceptors (Lipinski definition) is 1. The van der Waals surface area contributed by atoms with Crippen molar-refractivity contribution in [1.29, 1.82) is 0 Å². The monoisotopic (exact) mass is 297 g/mol. The number of benzene rings is 2. The van der Waals surface area contributed by atoms with Crippen molar-refractivity contribution in [3.63, 3.8) is 0 Å². The molecule has 0 saturated heterocycles. The Morgan fingerprint density at radius 1 is 1.19 bits per heavy atom. The Balaban J connectivity index is 2.10. The maximum atomic E-state index is 12.0. The topological polar surface area (TPSA) is 20.3 Å². The number of rotatable bonds is 2. The summed E-state index contributed by atoms with van der Waals surface area (Å²) in [5.41, 5.74) is 3.42. The molecule has 0 fully saturated rings. The molecule has 0 N–H and O–H groups in total. The fourth-order valence-corrected chi connectivity index (χ4v) is 3.27. The third-order valence-electron chi connectivity index (χ3n) is 3.94. The molecule has 2 aromatic carbocycles. The molecule has 3 rings (SSSR count). The summed E-state index contributed by atoms with van der Waals surface area (Å²) in [5.74, 6) is 0.0640. The summed E-state index contributed by atoms with van der Waals surface area (Å²) in [7, 11) is 0. The molecule has 2 nitrogen and oxygen atoms in total. The van der Waals surface area contributed by atoms with Crippen molar-refractivity contribution < 1.29 is 4.79 Å². The molecule has 0 aliphatic carbocycles. The number of fused-ring (bicyclic) bond motifs is 1. The summed E-state index contributed by atoms with van der Waals surface area (Å²) in [5, 5.41) is 0.770. The third-order valence-corrected chi connectivity index (χ3v) is 4.27. The van der Waals surface area contributed by atoms with Crippen LogP contribution in [0.4, 0.5) is 0 Å². The van der Waals surface area contributed by atoms with Gasteiger partial charge in [0.25, 0.3) is 0 Å². The van der Waals surface area contributed by atoms with Crippen LogP contribution in [-0.2, 0) is 11.3 Å². The van der Waals surface area contributed by atoms with E-state index in [1.54, 1.807) is 0 Å². The van der Waals surface area contributed by atoms with Gasteiger partial charge >= 0.3 is 0 Å². The Labute approximate surface area is 129 Å². The van der Waals surface area contributed by atoms with Crippen LogP contribution in [0.1, 0.15) is 22.6 Å². The van der Waals surface area contributed by atoms with E-state index >= 15 is 0 Å². The first-order chi connectivity index (χ1) is 10.2. The molecule has 1 heterocycles. The van der Waals surface area contributed by atoms with E-state index in [2.05, 4.69) is 18.7 Å². The van der Waals surface area contributed by atoms with Crippen LogP contribution >= 0.6 is 11.6 Å². The van der Waals surface area contributed by atoms with Crippen molar-refractivity contribution >= 4 is 17.5 Å². The summed E-state index contributed by atoms with van der Waals surface area (Å²) in [6.45, 7) is 4.81. The average molecular weight is 298 g/mol. The molecule has 21 heavy (non-hydrogen) atoms. The molecule has 3 heteroatoms. The summed E-state index contributed by atoms with van der Waals surface area (Å²) >= 11 is 6.42. The second-order valence-corrected chi connectivity index (χ2v) is 5.61. The fraction of sp³-hybridized carbons (Fsp3) is 0.167. The standard InChI is InChI=1S/C18H16ClNO/c1-2-17(21)20-11-14-9-6-10-16(19)18(14)15(12-20)13-7-4-3-5-8-13/h2-10,15H,1,11-12H2/t15-/m0/s1. The molecule has 0 radical (unpaired) electrons. The molecule has 2 aromatic rings. The van der Waals surface area contributed by atoms with Crippen molar-refractivity contribution in [1.82, 2.24) is 4.90 Å². The van der Waals surface area contributed by atoms with Crippen molar-refractivity contribution in [2.45, 2.75) is 12.5 Å². The van der Waals surface area contributed by atoms with Gasteiger partial charge in [-0.2, -0.15) is 0 Å². The Morgan fingerprint density at radius 2 is 1.95 bits per heavy atom. The highest BCUT2D eigenvalue weighted by atomic mass is 35.5. The van der Waals surface area contributed by atoms with Gasteiger partial charge in [0.2, 0.25) is 5.91 Å². The van der Waals surface area contributed by atoms with Gasteiger partial charge in [0.15, 0.2) is 0 Å². The van der Waals surface area contributed by atoms with Crippen LogP contribution in [0.3, 0.4) is 0 Å². The second kappa shape index (κ2) is 5.74. The first kappa shape index (κ1) is 13.9. The van der Waals surface area contributed by atoms with Crippen molar-refractivity contribution in [2.75, 3.05) is 6.54 Å². The highest BCUT2D eigenvalue weighted by molar-refractivity contribution is 6.31. The van der Waals surface area contributed by atoms with Gasteiger partial charge in [-0.3, -0.25) is 4.79 Å². The fourth-order valence-electron chi connectivity index (χ4n) is 2.95. The van der Waals surface area contributed by atoms with E-state index in [-0.39, 0.29) is 11.8 Å². The Hall–Kier alpha value is -2.06. The predicted octanol–water partition coefficient (Wildman–Crippen LogP) is 4.00.